The molecule has 1 aliphatic heterocycles. The lowest BCUT2D eigenvalue weighted by Gasteiger charge is -2.17. The van der Waals surface area contributed by atoms with E-state index in [4.69, 9.17) is 4.18 Å². The summed E-state index contributed by atoms with van der Waals surface area (Å²) in [6.07, 6.45) is -0.974. The third kappa shape index (κ3) is 4.06. The molecule has 31 heavy (non-hydrogen) atoms. The van der Waals surface area contributed by atoms with Crippen molar-refractivity contribution in [1.82, 2.24) is 0 Å². The molecule has 2 atom stereocenters. The van der Waals surface area contributed by atoms with Gasteiger partial charge < -0.3 is 5.32 Å². The zero-order valence-electron chi connectivity index (χ0n) is 15.8. The second kappa shape index (κ2) is 8.46. The van der Waals surface area contributed by atoms with E-state index in [1.807, 2.05) is 48.5 Å². The molecule has 1 N–H and O–H groups in total. The minimum Gasteiger partial charge on any atom is -0.350 e. The van der Waals surface area contributed by atoms with Gasteiger partial charge in [0, 0.05) is 11.6 Å². The van der Waals surface area contributed by atoms with Crippen LogP contribution in [0.25, 0.3) is 10.5 Å². The molecule has 0 unspecified atom stereocenters. The van der Waals surface area contributed by atoms with Crippen LogP contribution in [0.15, 0.2) is 78.9 Å². The van der Waals surface area contributed by atoms with Crippen LogP contribution in [0, 0.1) is 20.2 Å². The van der Waals surface area contributed by atoms with Crippen LogP contribution < -0.4 is 5.32 Å². The monoisotopic (exact) mass is 437 g/mol. The molecule has 0 amide bonds. The number of nitro benzene ring substituents is 2. The molecular formula is C21H15N3O6S. The van der Waals surface area contributed by atoms with E-state index < -0.39 is 38.5 Å². The Kier molecular flexibility index (Phi) is 5.56. The number of hydrogen-bond acceptors (Lipinski definition) is 7. The number of nitrogens with one attached hydrogen (secondary N) is 1. The molecular weight excluding hydrogens is 422 g/mol. The van der Waals surface area contributed by atoms with Gasteiger partial charge in [0.2, 0.25) is 0 Å². The van der Waals surface area contributed by atoms with Gasteiger partial charge in [0.15, 0.2) is 17.3 Å². The summed E-state index contributed by atoms with van der Waals surface area (Å²) in [5, 5.41) is 25.4. The fourth-order valence-corrected chi connectivity index (χ4v) is 4.43. The maximum absolute atomic E-state index is 12.9. The van der Waals surface area contributed by atoms with Gasteiger partial charge in [0.1, 0.15) is 5.69 Å². The Bertz CT molecular complexity index is 1210. The van der Waals surface area contributed by atoms with Crippen molar-refractivity contribution in [2.45, 2.75) is 6.23 Å². The number of rotatable bonds is 6. The molecule has 0 bridgehead atoms. The third-order valence-electron chi connectivity index (χ3n) is 4.65. The number of anilines is 1. The maximum Gasteiger partial charge on any atom is 0.299 e. The summed E-state index contributed by atoms with van der Waals surface area (Å²) in [6, 6.07) is 21.4. The third-order valence-corrected chi connectivity index (χ3v) is 5.81. The van der Waals surface area contributed by atoms with Gasteiger partial charge in [-0.25, -0.2) is 4.21 Å². The van der Waals surface area contributed by atoms with Crippen LogP contribution in [0.2, 0.25) is 0 Å². The van der Waals surface area contributed by atoms with Gasteiger partial charge in [-0.2, -0.15) is 0 Å². The van der Waals surface area contributed by atoms with E-state index in [9.17, 15) is 24.4 Å². The summed E-state index contributed by atoms with van der Waals surface area (Å²) in [5.74, 6) is 0. The van der Waals surface area contributed by atoms with E-state index >= 15 is 0 Å². The highest BCUT2D eigenvalue weighted by molar-refractivity contribution is 7.90. The molecule has 1 heterocycles. The molecule has 0 spiro atoms. The van der Waals surface area contributed by atoms with Crippen LogP contribution >= 0.6 is 0 Å². The SMILES string of the molecule is O=[N+]([O-])c1ccc(N[C@@H]2O[S@](=O)C(c3ccccc3)=C2c2ccccc2)c([N+](=O)[O-])c1. The van der Waals surface area contributed by atoms with Crippen LogP contribution in [-0.2, 0) is 15.3 Å². The van der Waals surface area contributed by atoms with Gasteiger partial charge in [-0.15, -0.1) is 0 Å². The Labute approximate surface area is 178 Å². The van der Waals surface area contributed by atoms with Crippen molar-refractivity contribution >= 4 is 38.6 Å². The topological polar surface area (TPSA) is 125 Å². The van der Waals surface area contributed by atoms with E-state index in [2.05, 4.69) is 5.32 Å². The highest BCUT2D eigenvalue weighted by Crippen LogP contribution is 2.41. The van der Waals surface area contributed by atoms with Gasteiger partial charge in [-0.3, -0.25) is 24.4 Å². The Hall–Kier alpha value is -3.89. The van der Waals surface area contributed by atoms with Gasteiger partial charge in [-0.1, -0.05) is 60.7 Å². The van der Waals surface area contributed by atoms with Crippen LogP contribution in [-0.4, -0.2) is 20.3 Å². The molecule has 1 aliphatic rings. The highest BCUT2D eigenvalue weighted by atomic mass is 32.2. The summed E-state index contributed by atoms with van der Waals surface area (Å²) in [6.45, 7) is 0. The van der Waals surface area contributed by atoms with Crippen molar-refractivity contribution in [3.63, 3.8) is 0 Å². The fraction of sp³-hybridized carbons (Fsp3) is 0.0476. The lowest BCUT2D eigenvalue weighted by Crippen LogP contribution is -2.21. The predicted octanol–water partition coefficient (Wildman–Crippen LogP) is 4.50. The molecule has 0 saturated carbocycles. The first-order chi connectivity index (χ1) is 15.0. The Balaban J connectivity index is 1.82. The fourth-order valence-electron chi connectivity index (χ4n) is 3.28. The molecule has 0 radical (unpaired) electrons. The van der Waals surface area contributed by atoms with E-state index in [-0.39, 0.29) is 5.69 Å². The molecule has 3 aromatic carbocycles. The minimum atomic E-state index is -1.84. The van der Waals surface area contributed by atoms with E-state index in [0.717, 1.165) is 17.7 Å². The number of non-ortho nitro benzene ring substituents is 1. The van der Waals surface area contributed by atoms with Crippen LogP contribution in [0.4, 0.5) is 17.1 Å². The summed E-state index contributed by atoms with van der Waals surface area (Å²) >= 11 is -1.84. The average molecular weight is 437 g/mol. The Morgan fingerprint density at radius 3 is 2.03 bits per heavy atom. The molecule has 156 valence electrons. The van der Waals surface area contributed by atoms with Crippen LogP contribution in [0.1, 0.15) is 11.1 Å². The zero-order chi connectivity index (χ0) is 22.0. The first-order valence-electron chi connectivity index (χ1n) is 9.09. The Morgan fingerprint density at radius 1 is 0.839 bits per heavy atom. The van der Waals surface area contributed by atoms with Crippen molar-refractivity contribution in [1.29, 1.82) is 0 Å². The van der Waals surface area contributed by atoms with Gasteiger partial charge in [0.05, 0.1) is 20.8 Å². The van der Waals surface area contributed by atoms with Crippen LogP contribution in [0.3, 0.4) is 0 Å². The lowest BCUT2D eigenvalue weighted by atomic mass is 10.0. The van der Waals surface area contributed by atoms with E-state index in [0.29, 0.717) is 16.0 Å². The summed E-state index contributed by atoms with van der Waals surface area (Å²) in [4.78, 5) is 21.5. The van der Waals surface area contributed by atoms with Crippen molar-refractivity contribution in [3.05, 3.63) is 110 Å². The van der Waals surface area contributed by atoms with Crippen molar-refractivity contribution in [2.75, 3.05) is 5.32 Å². The molecule has 0 aromatic heterocycles. The summed E-state index contributed by atoms with van der Waals surface area (Å²) in [5.41, 5.74) is 1.12. The predicted molar refractivity (Wildman–Crippen MR) is 116 cm³/mol. The van der Waals surface area contributed by atoms with E-state index in [1.54, 1.807) is 12.1 Å². The number of hydrogen-bond donors (Lipinski definition) is 1. The molecule has 3 aromatic rings. The van der Waals surface area contributed by atoms with Crippen molar-refractivity contribution in [2.24, 2.45) is 0 Å². The normalized spacial score (nSPS) is 18.1. The molecule has 10 heteroatoms. The largest absolute Gasteiger partial charge is 0.350 e. The smallest absolute Gasteiger partial charge is 0.299 e. The maximum atomic E-state index is 12.9. The van der Waals surface area contributed by atoms with Gasteiger partial charge >= 0.3 is 0 Å². The average Bonchev–Trinajstić information content (AvgIpc) is 3.10. The molecule has 0 fully saturated rings. The summed E-state index contributed by atoms with van der Waals surface area (Å²) in [7, 11) is 0. The molecule has 0 saturated heterocycles. The van der Waals surface area contributed by atoms with Gasteiger partial charge in [0.25, 0.3) is 11.4 Å². The molecule has 0 aliphatic carbocycles. The second-order valence-electron chi connectivity index (χ2n) is 6.55. The highest BCUT2D eigenvalue weighted by Gasteiger charge is 2.36. The molecule has 9 nitrogen and oxygen atoms in total. The first kappa shape index (κ1) is 20.4. The lowest BCUT2D eigenvalue weighted by molar-refractivity contribution is -0.393. The van der Waals surface area contributed by atoms with E-state index in [1.165, 1.54) is 6.07 Å². The number of nitro groups is 2. The second-order valence-corrected chi connectivity index (χ2v) is 7.62. The van der Waals surface area contributed by atoms with Crippen molar-refractivity contribution in [3.8, 4) is 0 Å². The van der Waals surface area contributed by atoms with Crippen LogP contribution in [0.5, 0.6) is 0 Å². The minimum absolute atomic E-state index is 0.0142. The Morgan fingerprint density at radius 2 is 1.45 bits per heavy atom. The van der Waals surface area contributed by atoms with Gasteiger partial charge in [-0.05, 0) is 17.2 Å². The number of benzene rings is 3. The first-order valence-corrected chi connectivity index (χ1v) is 10.2. The number of nitrogens with zero attached hydrogens (tertiary/aromatic N) is 2. The molecule has 4 rings (SSSR count). The zero-order valence-corrected chi connectivity index (χ0v) is 16.7. The standard InChI is InChI=1S/C21H15N3O6S/c25-23(26)16-11-12-17(18(13-16)24(27)28)22-21-19(14-7-3-1-4-8-14)20(31(29)30-21)15-9-5-2-6-10-15/h1-13,21-22H/t21-,31+/m1/s1. The quantitative estimate of drug-likeness (QED) is 0.444. The van der Waals surface area contributed by atoms with Crippen molar-refractivity contribution < 1.29 is 18.2 Å². The summed E-state index contributed by atoms with van der Waals surface area (Å²) < 4.78 is 18.5.